The molecule has 1 aromatic rings. The number of piperidine rings is 1. The van der Waals surface area contributed by atoms with Gasteiger partial charge in [-0.1, -0.05) is 77.8 Å². The Balaban J connectivity index is 1.46. The van der Waals surface area contributed by atoms with E-state index in [0.29, 0.717) is 18.5 Å². The van der Waals surface area contributed by atoms with E-state index >= 15 is 0 Å². The van der Waals surface area contributed by atoms with E-state index in [4.69, 9.17) is 0 Å². The summed E-state index contributed by atoms with van der Waals surface area (Å²) in [7, 11) is 3.18. The second-order valence-corrected chi connectivity index (χ2v) is 18.0. The molecular weight excluding hydrogens is 662 g/mol. The molecule has 3 aliphatic rings. The maximum absolute atomic E-state index is 14.3. The first-order valence-corrected chi connectivity index (χ1v) is 18.6. The highest BCUT2D eigenvalue weighted by Gasteiger charge is 2.69. The zero-order chi connectivity index (χ0) is 38.9. The Kier molecular flexibility index (Phi) is 12.1. The molecule has 5 amide bonds. The predicted molar refractivity (Wildman–Crippen MR) is 197 cm³/mol. The van der Waals surface area contributed by atoms with Gasteiger partial charge in [0, 0.05) is 51.4 Å². The quantitative estimate of drug-likeness (QED) is 0.229. The van der Waals surface area contributed by atoms with Crippen LogP contribution in [0, 0.1) is 34.5 Å². The summed E-state index contributed by atoms with van der Waals surface area (Å²) in [5.41, 5.74) is -0.756. The number of amides is 5. The molecule has 6 atom stereocenters. The normalized spacial score (nSPS) is 22.3. The summed E-state index contributed by atoms with van der Waals surface area (Å²) < 4.78 is 0. The number of fused-ring (bicyclic) bond motifs is 1. The molecule has 52 heavy (non-hydrogen) atoms. The Bertz CT molecular complexity index is 1550. The highest BCUT2D eigenvalue weighted by atomic mass is 16.2. The van der Waals surface area contributed by atoms with Crippen LogP contribution in [0.1, 0.15) is 106 Å². The van der Waals surface area contributed by atoms with Crippen LogP contribution in [0.5, 0.6) is 0 Å². The van der Waals surface area contributed by atoms with Gasteiger partial charge in [-0.05, 0) is 61.3 Å². The van der Waals surface area contributed by atoms with Gasteiger partial charge in [-0.2, -0.15) is 0 Å². The average Bonchev–Trinajstić information content (AvgIpc) is 3.90. The molecule has 1 saturated heterocycles. The number of carbonyl (C=O) groups is 7. The summed E-state index contributed by atoms with van der Waals surface area (Å²) in [5, 5.41) is 8.42. The van der Waals surface area contributed by atoms with E-state index < -0.39 is 58.5 Å². The number of ketones is 3. The van der Waals surface area contributed by atoms with Crippen LogP contribution in [-0.4, -0.2) is 89.2 Å². The van der Waals surface area contributed by atoms with Crippen molar-refractivity contribution in [3.05, 3.63) is 35.9 Å². The molecule has 12 heteroatoms. The monoisotopic (exact) mass is 721 g/mol. The van der Waals surface area contributed by atoms with Crippen molar-refractivity contribution in [1.82, 2.24) is 25.8 Å². The zero-order valence-corrected chi connectivity index (χ0v) is 32.6. The summed E-state index contributed by atoms with van der Waals surface area (Å²) in [6, 6.07) is 5.69. The third-order valence-electron chi connectivity index (χ3n) is 10.8. The van der Waals surface area contributed by atoms with Gasteiger partial charge in [-0.15, -0.1) is 0 Å². The summed E-state index contributed by atoms with van der Waals surface area (Å²) in [6.45, 7) is 15.7. The van der Waals surface area contributed by atoms with Crippen molar-refractivity contribution >= 4 is 41.1 Å². The fraction of sp³-hybridized carbons (Fsp3) is 0.675. The number of nitrogens with one attached hydrogen (secondary N) is 3. The molecule has 0 radical (unpaired) electrons. The number of carbonyl (C=O) groups excluding carboxylic acids is 7. The molecule has 12 nitrogen and oxygen atoms in total. The smallest absolute Gasteiger partial charge is 0.315 e. The number of likely N-dealkylation sites (N-methyl/N-ethyl adjacent to an activating group) is 1. The lowest BCUT2D eigenvalue weighted by atomic mass is 9.83. The summed E-state index contributed by atoms with van der Waals surface area (Å²) in [4.78, 5) is 97.3. The number of Topliss-reactive ketones (excluding diaryl/α,β-unsaturated/α-hetero) is 3. The number of rotatable bonds is 15. The van der Waals surface area contributed by atoms with Crippen molar-refractivity contribution in [1.29, 1.82) is 0 Å². The van der Waals surface area contributed by atoms with E-state index in [-0.39, 0.29) is 60.0 Å². The largest absolute Gasteiger partial charge is 0.347 e. The third-order valence-corrected chi connectivity index (χ3v) is 10.8. The second kappa shape index (κ2) is 15.5. The first-order chi connectivity index (χ1) is 24.0. The number of hydrogen-bond acceptors (Lipinski definition) is 7. The molecule has 2 saturated carbocycles. The van der Waals surface area contributed by atoms with Crippen molar-refractivity contribution in [2.75, 3.05) is 20.6 Å². The van der Waals surface area contributed by atoms with E-state index in [9.17, 15) is 33.6 Å². The molecule has 286 valence electrons. The SMILES string of the molecule is CN(C)C(=O)[C@@H](NC(=O)CCC(=O)C(=O)C(CC(=O)C1[C@@H]2C(CN1C(=O)C(NC(=O)NC(C)(C)C)C(C)(C)C)C2(C)C)CC1CC1)c1ccccc1. The maximum Gasteiger partial charge on any atom is 0.315 e. The van der Waals surface area contributed by atoms with Crippen LogP contribution >= 0.6 is 0 Å². The fourth-order valence-corrected chi connectivity index (χ4v) is 7.61. The molecular formula is C40H59N5O7. The third kappa shape index (κ3) is 9.86. The van der Waals surface area contributed by atoms with Gasteiger partial charge in [0.1, 0.15) is 12.1 Å². The van der Waals surface area contributed by atoms with E-state index in [1.807, 2.05) is 41.5 Å². The van der Waals surface area contributed by atoms with Gasteiger partial charge in [0.05, 0.1) is 6.04 Å². The molecule has 4 rings (SSSR count). The van der Waals surface area contributed by atoms with Crippen molar-refractivity contribution in [3.8, 4) is 0 Å². The number of urea groups is 1. The zero-order valence-electron chi connectivity index (χ0n) is 32.6. The Morgan fingerprint density at radius 1 is 0.904 bits per heavy atom. The topological polar surface area (TPSA) is 162 Å². The van der Waals surface area contributed by atoms with Crippen molar-refractivity contribution in [2.45, 2.75) is 118 Å². The Morgan fingerprint density at radius 2 is 1.52 bits per heavy atom. The molecule has 0 aromatic heterocycles. The highest BCUT2D eigenvalue weighted by molar-refractivity contribution is 6.38. The first kappa shape index (κ1) is 40.7. The highest BCUT2D eigenvalue weighted by Crippen LogP contribution is 2.65. The molecule has 3 fully saturated rings. The first-order valence-electron chi connectivity index (χ1n) is 18.6. The summed E-state index contributed by atoms with van der Waals surface area (Å²) >= 11 is 0. The van der Waals surface area contributed by atoms with Crippen LogP contribution in [-0.2, 0) is 28.8 Å². The molecule has 1 aliphatic heterocycles. The average molecular weight is 722 g/mol. The molecule has 0 spiro atoms. The maximum atomic E-state index is 14.3. The van der Waals surface area contributed by atoms with Crippen LogP contribution in [0.25, 0.3) is 0 Å². The van der Waals surface area contributed by atoms with Crippen molar-refractivity contribution in [3.63, 3.8) is 0 Å². The molecule has 1 aromatic carbocycles. The Labute approximate surface area is 308 Å². The van der Waals surface area contributed by atoms with Gasteiger partial charge >= 0.3 is 6.03 Å². The fourth-order valence-electron chi connectivity index (χ4n) is 7.61. The Hall–Kier alpha value is -4.09. The van der Waals surface area contributed by atoms with Gasteiger partial charge in [0.25, 0.3) is 0 Å². The lowest BCUT2D eigenvalue weighted by Crippen LogP contribution is -2.60. The van der Waals surface area contributed by atoms with Gasteiger partial charge in [0.15, 0.2) is 11.6 Å². The molecule has 1 heterocycles. The molecule has 2 aliphatic carbocycles. The standard InChI is InChI=1S/C40H59N5O7/c1-38(2,3)34(42-37(52)43-39(4,5)6)36(51)45-22-26-30(40(26,7)8)32(45)28(47)21-25(20-23-16-17-23)33(49)27(46)18-19-29(48)41-31(35(50)44(9)10)24-14-12-11-13-15-24/h11-15,23,25-26,30-32,34H,16-22H2,1-10H3,(H,41,48)(H2,42,43,52)/t25?,26?,30-,31-,32?,34?/m0/s1. The van der Waals surface area contributed by atoms with E-state index in [1.165, 1.54) is 4.90 Å². The van der Waals surface area contributed by atoms with Crippen molar-refractivity contribution in [2.24, 2.45) is 34.5 Å². The summed E-state index contributed by atoms with van der Waals surface area (Å²) in [5.74, 6) is -3.47. The molecule has 4 unspecified atom stereocenters. The second-order valence-electron chi connectivity index (χ2n) is 18.0. The van der Waals surface area contributed by atoms with E-state index in [2.05, 4.69) is 29.8 Å². The number of hydrogen-bond donors (Lipinski definition) is 3. The summed E-state index contributed by atoms with van der Waals surface area (Å²) in [6.07, 6.45) is 1.41. The minimum atomic E-state index is -0.941. The molecule has 3 N–H and O–H groups in total. The van der Waals surface area contributed by atoms with Crippen LogP contribution in [0.3, 0.4) is 0 Å². The van der Waals surface area contributed by atoms with E-state index in [0.717, 1.165) is 12.8 Å². The van der Waals surface area contributed by atoms with Crippen LogP contribution in [0.4, 0.5) is 4.79 Å². The predicted octanol–water partition coefficient (Wildman–Crippen LogP) is 4.22. The minimum Gasteiger partial charge on any atom is -0.347 e. The van der Waals surface area contributed by atoms with Crippen molar-refractivity contribution < 1.29 is 33.6 Å². The number of nitrogens with zero attached hydrogens (tertiary/aromatic N) is 2. The van der Waals surface area contributed by atoms with Gasteiger partial charge in [-0.25, -0.2) is 4.79 Å². The lowest BCUT2D eigenvalue weighted by Gasteiger charge is -2.38. The van der Waals surface area contributed by atoms with Crippen LogP contribution < -0.4 is 16.0 Å². The number of benzene rings is 1. The minimum absolute atomic E-state index is 0.0912. The number of likely N-dealkylation sites (tertiary alicyclic amines) is 1. The Morgan fingerprint density at radius 3 is 2.06 bits per heavy atom. The van der Waals surface area contributed by atoms with Gasteiger partial charge < -0.3 is 25.8 Å². The van der Waals surface area contributed by atoms with Gasteiger partial charge in [0.2, 0.25) is 23.5 Å². The van der Waals surface area contributed by atoms with Gasteiger partial charge in [-0.3, -0.25) is 28.8 Å². The molecule has 0 bridgehead atoms. The lowest BCUT2D eigenvalue weighted by molar-refractivity contribution is -0.145. The van der Waals surface area contributed by atoms with E-state index in [1.54, 1.807) is 49.3 Å². The van der Waals surface area contributed by atoms with Crippen LogP contribution in [0.15, 0.2) is 30.3 Å². The van der Waals surface area contributed by atoms with Crippen LogP contribution in [0.2, 0.25) is 0 Å².